The largest absolute Gasteiger partial charge is 0.480 e. The summed E-state index contributed by atoms with van der Waals surface area (Å²) in [7, 11) is 0. The van der Waals surface area contributed by atoms with Gasteiger partial charge in [-0.05, 0) is 12.0 Å². The smallest absolute Gasteiger partial charge is 0.322 e. The van der Waals surface area contributed by atoms with Gasteiger partial charge in [-0.15, -0.1) is 0 Å². The van der Waals surface area contributed by atoms with Gasteiger partial charge in [-0.3, -0.25) is 4.79 Å². The summed E-state index contributed by atoms with van der Waals surface area (Å²) in [5.74, 6) is -0.0612. The summed E-state index contributed by atoms with van der Waals surface area (Å²) in [5, 5.41) is 15.8. The molecule has 0 aliphatic carbocycles. The Labute approximate surface area is 98.3 Å². The minimum absolute atomic E-state index is 0.158. The van der Waals surface area contributed by atoms with Gasteiger partial charge in [-0.2, -0.15) is 5.10 Å². The van der Waals surface area contributed by atoms with Crippen molar-refractivity contribution in [1.29, 1.82) is 0 Å². The van der Waals surface area contributed by atoms with Gasteiger partial charge >= 0.3 is 5.97 Å². The molecule has 0 bridgehead atoms. The van der Waals surface area contributed by atoms with E-state index in [9.17, 15) is 4.79 Å². The molecule has 2 aromatic heterocycles. The maximum atomic E-state index is 10.5. The Morgan fingerprint density at radius 2 is 2.35 bits per heavy atom. The van der Waals surface area contributed by atoms with E-state index in [1.54, 1.807) is 16.9 Å². The highest BCUT2D eigenvalue weighted by Crippen LogP contribution is 2.19. The molecule has 2 heterocycles. The summed E-state index contributed by atoms with van der Waals surface area (Å²) in [6.45, 7) is 3.95. The molecule has 2 N–H and O–H groups in total. The van der Waals surface area contributed by atoms with Crippen molar-refractivity contribution >= 4 is 17.3 Å². The van der Waals surface area contributed by atoms with Gasteiger partial charge in [0.25, 0.3) is 0 Å². The zero-order valence-electron chi connectivity index (χ0n) is 9.71. The number of nitrogens with one attached hydrogen (secondary N) is 1. The van der Waals surface area contributed by atoms with E-state index in [1.165, 1.54) is 0 Å². The van der Waals surface area contributed by atoms with Crippen LogP contribution in [0.25, 0.3) is 5.52 Å². The highest BCUT2D eigenvalue weighted by molar-refractivity contribution is 5.76. The number of fused-ring (bicyclic) bond motifs is 1. The SMILES string of the molecule is CC(C)c1cc2c(NCC(=O)O)nccn2n1. The minimum Gasteiger partial charge on any atom is -0.480 e. The molecule has 0 saturated heterocycles. The van der Waals surface area contributed by atoms with Crippen LogP contribution < -0.4 is 5.32 Å². The lowest BCUT2D eigenvalue weighted by molar-refractivity contribution is -0.134. The van der Waals surface area contributed by atoms with E-state index in [2.05, 4.69) is 29.2 Å². The van der Waals surface area contributed by atoms with Crippen molar-refractivity contribution in [2.45, 2.75) is 19.8 Å². The number of carboxylic acids is 1. The van der Waals surface area contributed by atoms with E-state index in [-0.39, 0.29) is 6.54 Å². The van der Waals surface area contributed by atoms with Gasteiger partial charge in [-0.25, -0.2) is 9.50 Å². The number of hydrogen-bond acceptors (Lipinski definition) is 4. The number of carbonyl (C=O) groups is 1. The Morgan fingerprint density at radius 1 is 1.59 bits per heavy atom. The Balaban J connectivity index is 2.38. The number of rotatable bonds is 4. The van der Waals surface area contributed by atoms with Crippen LogP contribution in [-0.4, -0.2) is 32.2 Å². The van der Waals surface area contributed by atoms with Crippen molar-refractivity contribution in [2.75, 3.05) is 11.9 Å². The second kappa shape index (κ2) is 4.40. The first-order valence-corrected chi connectivity index (χ1v) is 5.38. The lowest BCUT2D eigenvalue weighted by Gasteiger charge is -2.03. The molecule has 0 aliphatic rings. The van der Waals surface area contributed by atoms with Crippen molar-refractivity contribution in [3.8, 4) is 0 Å². The zero-order valence-corrected chi connectivity index (χ0v) is 9.71. The Hall–Kier alpha value is -2.11. The van der Waals surface area contributed by atoms with Gasteiger partial charge in [0.2, 0.25) is 0 Å². The average Bonchev–Trinajstić information content (AvgIpc) is 2.70. The number of nitrogens with zero attached hydrogens (tertiary/aromatic N) is 3. The molecule has 0 saturated carbocycles. The molecule has 0 amide bonds. The highest BCUT2D eigenvalue weighted by Gasteiger charge is 2.10. The van der Waals surface area contributed by atoms with Crippen LogP contribution in [0.3, 0.4) is 0 Å². The third-order valence-electron chi connectivity index (χ3n) is 2.41. The predicted molar refractivity (Wildman–Crippen MR) is 63.2 cm³/mol. The topological polar surface area (TPSA) is 79.5 Å². The summed E-state index contributed by atoms with van der Waals surface area (Å²) in [4.78, 5) is 14.6. The molecule has 2 rings (SSSR count). The van der Waals surface area contributed by atoms with E-state index in [1.807, 2.05) is 6.07 Å². The summed E-state index contributed by atoms with van der Waals surface area (Å²) >= 11 is 0. The molecule has 0 aliphatic heterocycles. The van der Waals surface area contributed by atoms with Crippen LogP contribution in [0.2, 0.25) is 0 Å². The van der Waals surface area contributed by atoms with E-state index < -0.39 is 5.97 Å². The third kappa shape index (κ3) is 2.35. The molecule has 17 heavy (non-hydrogen) atoms. The molecule has 0 unspecified atom stereocenters. The van der Waals surface area contributed by atoms with Crippen molar-refractivity contribution in [1.82, 2.24) is 14.6 Å². The fourth-order valence-corrected chi connectivity index (χ4v) is 1.52. The number of carboxylic acid groups (broad SMARTS) is 1. The predicted octanol–water partition coefficient (Wildman–Crippen LogP) is 1.35. The Bertz CT molecular complexity index is 547. The fraction of sp³-hybridized carbons (Fsp3) is 0.364. The van der Waals surface area contributed by atoms with Crippen molar-refractivity contribution < 1.29 is 9.90 Å². The summed E-state index contributed by atoms with van der Waals surface area (Å²) in [6, 6.07) is 1.92. The molecular formula is C11H14N4O2. The molecule has 2 aromatic rings. The van der Waals surface area contributed by atoms with Gasteiger partial charge in [-0.1, -0.05) is 13.8 Å². The first kappa shape index (κ1) is 11.4. The number of aliphatic carboxylic acids is 1. The third-order valence-corrected chi connectivity index (χ3v) is 2.41. The van der Waals surface area contributed by atoms with Crippen LogP contribution in [0.4, 0.5) is 5.82 Å². The maximum absolute atomic E-state index is 10.5. The lowest BCUT2D eigenvalue weighted by Crippen LogP contribution is -2.13. The van der Waals surface area contributed by atoms with E-state index >= 15 is 0 Å². The average molecular weight is 234 g/mol. The zero-order chi connectivity index (χ0) is 12.4. The molecule has 90 valence electrons. The van der Waals surface area contributed by atoms with Crippen molar-refractivity contribution in [3.63, 3.8) is 0 Å². The standard InChI is InChI=1S/C11H14N4O2/c1-7(2)8-5-9-11(13-6-10(16)17)12-3-4-15(9)14-8/h3-5,7H,6H2,1-2H3,(H,12,13)(H,16,17). The van der Waals surface area contributed by atoms with Gasteiger partial charge in [0, 0.05) is 12.4 Å². The molecule has 6 nitrogen and oxygen atoms in total. The van der Waals surface area contributed by atoms with E-state index in [4.69, 9.17) is 5.11 Å². The highest BCUT2D eigenvalue weighted by atomic mass is 16.4. The van der Waals surface area contributed by atoms with Gasteiger partial charge in [0.15, 0.2) is 5.82 Å². The number of hydrogen-bond donors (Lipinski definition) is 2. The summed E-state index contributed by atoms with van der Waals surface area (Å²) < 4.78 is 1.70. The van der Waals surface area contributed by atoms with Crippen molar-refractivity contribution in [3.05, 3.63) is 24.2 Å². The number of aromatic nitrogens is 3. The van der Waals surface area contributed by atoms with Gasteiger partial charge < -0.3 is 10.4 Å². The lowest BCUT2D eigenvalue weighted by atomic mass is 10.1. The first-order valence-electron chi connectivity index (χ1n) is 5.38. The normalized spacial score (nSPS) is 11.0. The van der Waals surface area contributed by atoms with Crippen LogP contribution in [-0.2, 0) is 4.79 Å². The Kier molecular flexibility index (Phi) is 2.95. The molecule has 0 radical (unpaired) electrons. The molecule has 6 heteroatoms. The quantitative estimate of drug-likeness (QED) is 0.834. The molecule has 0 spiro atoms. The van der Waals surface area contributed by atoms with Crippen LogP contribution in [0, 0.1) is 0 Å². The van der Waals surface area contributed by atoms with Gasteiger partial charge in [0.1, 0.15) is 12.1 Å². The number of anilines is 1. The van der Waals surface area contributed by atoms with E-state index in [0.29, 0.717) is 11.7 Å². The molecular weight excluding hydrogens is 220 g/mol. The monoisotopic (exact) mass is 234 g/mol. The van der Waals surface area contributed by atoms with Crippen molar-refractivity contribution in [2.24, 2.45) is 0 Å². The minimum atomic E-state index is -0.919. The van der Waals surface area contributed by atoms with Crippen LogP contribution in [0.15, 0.2) is 18.5 Å². The fourth-order valence-electron chi connectivity index (χ4n) is 1.52. The van der Waals surface area contributed by atoms with E-state index in [0.717, 1.165) is 11.2 Å². The summed E-state index contributed by atoms with van der Waals surface area (Å²) in [5.41, 5.74) is 1.74. The second-order valence-electron chi connectivity index (χ2n) is 4.08. The molecule has 0 aromatic carbocycles. The molecule has 0 fully saturated rings. The van der Waals surface area contributed by atoms with Crippen LogP contribution in [0.5, 0.6) is 0 Å². The second-order valence-corrected chi connectivity index (χ2v) is 4.08. The Morgan fingerprint density at radius 3 is 3.00 bits per heavy atom. The van der Waals surface area contributed by atoms with Gasteiger partial charge in [0.05, 0.1) is 5.69 Å². The molecule has 0 atom stereocenters. The summed E-state index contributed by atoms with van der Waals surface area (Å²) in [6.07, 6.45) is 3.33. The maximum Gasteiger partial charge on any atom is 0.322 e. The van der Waals surface area contributed by atoms with Crippen LogP contribution in [0.1, 0.15) is 25.5 Å². The van der Waals surface area contributed by atoms with Crippen LogP contribution >= 0.6 is 0 Å². The first-order chi connectivity index (χ1) is 8.08.